The van der Waals surface area contributed by atoms with Gasteiger partial charge in [-0.25, -0.2) is 4.98 Å². The zero-order valence-corrected chi connectivity index (χ0v) is 10.8. The zero-order valence-electron chi connectivity index (χ0n) is 10.8. The minimum Gasteiger partial charge on any atom is -0.325 e. The van der Waals surface area contributed by atoms with Gasteiger partial charge >= 0.3 is 0 Å². The van der Waals surface area contributed by atoms with Crippen LogP contribution in [0.4, 0.5) is 0 Å². The molecule has 2 bridgehead atoms. The molecule has 0 amide bonds. The third kappa shape index (κ3) is 1.50. The normalized spacial score (nSPS) is 31.1. The molecule has 0 spiro atoms. The van der Waals surface area contributed by atoms with Gasteiger partial charge in [-0.2, -0.15) is 0 Å². The van der Waals surface area contributed by atoms with Crippen molar-refractivity contribution >= 4 is 11.0 Å². The summed E-state index contributed by atoms with van der Waals surface area (Å²) in [6.07, 6.45) is 5.23. The van der Waals surface area contributed by atoms with E-state index in [9.17, 15) is 0 Å². The SMILES string of the molecule is Cc1nc2ccccc2n1C1C[C@@H]2CC[C@@H](C1)N2. The average Bonchev–Trinajstić information content (AvgIpc) is 2.88. The van der Waals surface area contributed by atoms with Gasteiger partial charge in [0.15, 0.2) is 0 Å². The van der Waals surface area contributed by atoms with Crippen molar-refractivity contribution in [3.05, 3.63) is 30.1 Å². The van der Waals surface area contributed by atoms with Gasteiger partial charge in [-0.05, 0) is 44.7 Å². The number of nitrogens with one attached hydrogen (secondary N) is 1. The summed E-state index contributed by atoms with van der Waals surface area (Å²) < 4.78 is 2.47. The van der Waals surface area contributed by atoms with Crippen molar-refractivity contribution in [1.82, 2.24) is 14.9 Å². The number of aryl methyl sites for hydroxylation is 1. The highest BCUT2D eigenvalue weighted by Gasteiger charge is 2.35. The first-order valence-corrected chi connectivity index (χ1v) is 7.01. The first kappa shape index (κ1) is 10.6. The molecule has 1 aromatic heterocycles. The van der Waals surface area contributed by atoms with E-state index in [0.717, 1.165) is 17.6 Å². The lowest BCUT2D eigenvalue weighted by Crippen LogP contribution is -2.39. The van der Waals surface area contributed by atoms with Gasteiger partial charge in [0.05, 0.1) is 11.0 Å². The Kier molecular flexibility index (Phi) is 2.24. The predicted molar refractivity (Wildman–Crippen MR) is 72.7 cm³/mol. The van der Waals surface area contributed by atoms with Crippen LogP contribution in [0.15, 0.2) is 24.3 Å². The molecule has 3 nitrogen and oxygen atoms in total. The summed E-state index contributed by atoms with van der Waals surface area (Å²) in [5, 5.41) is 3.72. The lowest BCUT2D eigenvalue weighted by Gasteiger charge is -2.31. The maximum atomic E-state index is 4.70. The standard InChI is InChI=1S/C15H19N3/c1-10-16-14-4-2-3-5-15(14)18(10)13-8-11-6-7-12(9-13)17-11/h2-5,11-13,17H,6-9H2,1H3/t11-,12-/m0/s1. The molecule has 2 aliphatic rings. The molecule has 0 radical (unpaired) electrons. The topological polar surface area (TPSA) is 29.9 Å². The first-order valence-electron chi connectivity index (χ1n) is 7.01. The molecule has 18 heavy (non-hydrogen) atoms. The average molecular weight is 241 g/mol. The van der Waals surface area contributed by atoms with E-state index in [0.29, 0.717) is 6.04 Å². The maximum Gasteiger partial charge on any atom is 0.106 e. The van der Waals surface area contributed by atoms with Gasteiger partial charge in [-0.15, -0.1) is 0 Å². The van der Waals surface area contributed by atoms with E-state index < -0.39 is 0 Å². The van der Waals surface area contributed by atoms with Crippen molar-refractivity contribution in [1.29, 1.82) is 0 Å². The molecule has 3 heteroatoms. The Morgan fingerprint density at radius 2 is 1.89 bits per heavy atom. The van der Waals surface area contributed by atoms with Crippen LogP contribution in [-0.2, 0) is 0 Å². The van der Waals surface area contributed by atoms with E-state index >= 15 is 0 Å². The Labute approximate surface area is 107 Å². The number of imidazole rings is 1. The fraction of sp³-hybridized carbons (Fsp3) is 0.533. The van der Waals surface area contributed by atoms with Crippen LogP contribution in [0.25, 0.3) is 11.0 Å². The molecule has 2 fully saturated rings. The number of para-hydroxylation sites is 2. The van der Waals surface area contributed by atoms with Crippen LogP contribution in [-0.4, -0.2) is 21.6 Å². The highest BCUT2D eigenvalue weighted by Crippen LogP contribution is 2.36. The monoisotopic (exact) mass is 241 g/mol. The van der Waals surface area contributed by atoms with E-state index in [1.54, 1.807) is 0 Å². The summed E-state index contributed by atoms with van der Waals surface area (Å²) in [6.45, 7) is 2.14. The lowest BCUT2D eigenvalue weighted by atomic mass is 9.99. The van der Waals surface area contributed by atoms with Crippen LogP contribution in [0.2, 0.25) is 0 Å². The number of hydrogen-bond acceptors (Lipinski definition) is 2. The largest absolute Gasteiger partial charge is 0.325 e. The van der Waals surface area contributed by atoms with E-state index in [1.807, 2.05) is 0 Å². The third-order valence-electron chi connectivity index (χ3n) is 4.59. The van der Waals surface area contributed by atoms with Crippen molar-refractivity contribution in [2.45, 2.75) is 50.7 Å². The molecule has 94 valence electrons. The van der Waals surface area contributed by atoms with E-state index in [2.05, 4.69) is 41.1 Å². The number of benzene rings is 1. The molecule has 2 aromatic rings. The van der Waals surface area contributed by atoms with Crippen LogP contribution in [0, 0.1) is 6.92 Å². The van der Waals surface area contributed by atoms with E-state index in [1.165, 1.54) is 37.0 Å². The Balaban J connectivity index is 1.80. The van der Waals surface area contributed by atoms with Gasteiger partial charge in [-0.1, -0.05) is 12.1 Å². The summed E-state index contributed by atoms with van der Waals surface area (Å²) in [7, 11) is 0. The van der Waals surface area contributed by atoms with E-state index in [4.69, 9.17) is 4.98 Å². The van der Waals surface area contributed by atoms with Crippen molar-refractivity contribution < 1.29 is 0 Å². The Bertz CT molecular complexity index is 574. The molecule has 1 aromatic carbocycles. The van der Waals surface area contributed by atoms with E-state index in [-0.39, 0.29) is 0 Å². The summed E-state index contributed by atoms with van der Waals surface area (Å²) in [4.78, 5) is 4.70. The molecular formula is C15H19N3. The molecule has 0 unspecified atom stereocenters. The number of rotatable bonds is 1. The molecule has 2 atom stereocenters. The molecule has 0 saturated carbocycles. The smallest absolute Gasteiger partial charge is 0.106 e. The van der Waals surface area contributed by atoms with Crippen molar-refractivity contribution in [3.63, 3.8) is 0 Å². The Morgan fingerprint density at radius 1 is 1.17 bits per heavy atom. The fourth-order valence-electron chi connectivity index (χ4n) is 3.86. The summed E-state index contributed by atoms with van der Waals surface area (Å²) in [5.41, 5.74) is 2.45. The van der Waals surface area contributed by atoms with Gasteiger partial charge in [0.25, 0.3) is 0 Å². The van der Waals surface area contributed by atoms with Gasteiger partial charge in [0.2, 0.25) is 0 Å². The summed E-state index contributed by atoms with van der Waals surface area (Å²) >= 11 is 0. The second-order valence-electron chi connectivity index (χ2n) is 5.78. The lowest BCUT2D eigenvalue weighted by molar-refractivity contribution is 0.300. The minimum atomic E-state index is 0.635. The Morgan fingerprint density at radius 3 is 2.67 bits per heavy atom. The number of aromatic nitrogens is 2. The zero-order chi connectivity index (χ0) is 12.1. The number of hydrogen-bond donors (Lipinski definition) is 1. The van der Waals surface area contributed by atoms with Gasteiger partial charge in [0, 0.05) is 18.1 Å². The van der Waals surface area contributed by atoms with Crippen LogP contribution < -0.4 is 5.32 Å². The minimum absolute atomic E-state index is 0.635. The van der Waals surface area contributed by atoms with Gasteiger partial charge < -0.3 is 9.88 Å². The second-order valence-corrected chi connectivity index (χ2v) is 5.78. The second kappa shape index (κ2) is 3.82. The molecular weight excluding hydrogens is 222 g/mol. The quantitative estimate of drug-likeness (QED) is 0.832. The highest BCUT2D eigenvalue weighted by atomic mass is 15.1. The van der Waals surface area contributed by atoms with Crippen molar-refractivity contribution in [2.75, 3.05) is 0 Å². The molecule has 2 aliphatic heterocycles. The van der Waals surface area contributed by atoms with Crippen LogP contribution in [0.5, 0.6) is 0 Å². The molecule has 2 saturated heterocycles. The Hall–Kier alpha value is -1.35. The molecule has 1 N–H and O–H groups in total. The summed E-state index contributed by atoms with van der Waals surface area (Å²) in [6, 6.07) is 10.6. The van der Waals surface area contributed by atoms with Crippen LogP contribution in [0.1, 0.15) is 37.5 Å². The number of piperidine rings is 1. The van der Waals surface area contributed by atoms with Gasteiger partial charge in [0.1, 0.15) is 5.82 Å². The van der Waals surface area contributed by atoms with Gasteiger partial charge in [-0.3, -0.25) is 0 Å². The van der Waals surface area contributed by atoms with Crippen molar-refractivity contribution in [3.8, 4) is 0 Å². The van der Waals surface area contributed by atoms with Crippen LogP contribution in [0.3, 0.4) is 0 Å². The highest BCUT2D eigenvalue weighted by molar-refractivity contribution is 5.76. The maximum absolute atomic E-state index is 4.70. The predicted octanol–water partition coefficient (Wildman–Crippen LogP) is 2.80. The molecule has 3 heterocycles. The molecule has 0 aliphatic carbocycles. The first-order chi connectivity index (χ1) is 8.81. The van der Waals surface area contributed by atoms with Crippen LogP contribution >= 0.6 is 0 Å². The fourth-order valence-corrected chi connectivity index (χ4v) is 3.86. The summed E-state index contributed by atoms with van der Waals surface area (Å²) in [5.74, 6) is 1.17. The number of fused-ring (bicyclic) bond motifs is 3. The number of nitrogens with zero attached hydrogens (tertiary/aromatic N) is 2. The van der Waals surface area contributed by atoms with Crippen molar-refractivity contribution in [2.24, 2.45) is 0 Å². The molecule has 4 rings (SSSR count). The third-order valence-corrected chi connectivity index (χ3v) is 4.59.